The third-order valence-corrected chi connectivity index (χ3v) is 10.8. The van der Waals surface area contributed by atoms with Crippen molar-refractivity contribution in [2.75, 3.05) is 31.9 Å². The molecule has 0 spiro atoms. The minimum atomic E-state index is -0.713. The highest BCUT2D eigenvalue weighted by Gasteiger charge is 2.22. The Bertz CT molecular complexity index is 2880. The summed E-state index contributed by atoms with van der Waals surface area (Å²) in [5.74, 6) is -1.54. The van der Waals surface area contributed by atoms with Crippen LogP contribution in [0.4, 0.5) is 5.69 Å². The molecule has 0 saturated carbocycles. The van der Waals surface area contributed by atoms with Gasteiger partial charge in [-0.2, -0.15) is 5.10 Å². The van der Waals surface area contributed by atoms with Crippen LogP contribution in [0.2, 0.25) is 0 Å². The number of hydrazone groups is 1. The lowest BCUT2D eigenvalue weighted by atomic mass is 10.0. The molecular formula is C57H56N2O12. The number of esters is 5. The van der Waals surface area contributed by atoms with Crippen molar-refractivity contribution in [3.05, 3.63) is 169 Å². The van der Waals surface area contributed by atoms with Gasteiger partial charge in [0.2, 0.25) is 0 Å². The molecule has 0 unspecified atom stereocenters. The fourth-order valence-electron chi connectivity index (χ4n) is 7.06. The van der Waals surface area contributed by atoms with Gasteiger partial charge in [-0.15, -0.1) is 0 Å². The molecule has 366 valence electrons. The van der Waals surface area contributed by atoms with Crippen molar-refractivity contribution in [1.29, 1.82) is 0 Å². The van der Waals surface area contributed by atoms with E-state index in [9.17, 15) is 24.0 Å². The molecule has 6 aromatic carbocycles. The molecule has 0 aliphatic rings. The predicted molar refractivity (Wildman–Crippen MR) is 273 cm³/mol. The maximum absolute atomic E-state index is 14.0. The summed E-state index contributed by atoms with van der Waals surface area (Å²) in [5, 5.41) is 7.09. The third kappa shape index (κ3) is 15.8. The van der Waals surface area contributed by atoms with Crippen molar-refractivity contribution in [1.82, 2.24) is 0 Å². The monoisotopic (exact) mass is 960 g/mol. The molecule has 0 saturated heterocycles. The Labute approximate surface area is 412 Å². The summed E-state index contributed by atoms with van der Waals surface area (Å²) in [6.45, 7) is 13.6. The number of nitrogens with one attached hydrogen (secondary N) is 1. The molecule has 0 aliphatic carbocycles. The minimum absolute atomic E-state index is 0.0405. The van der Waals surface area contributed by atoms with Gasteiger partial charge in [-0.25, -0.2) is 24.0 Å². The summed E-state index contributed by atoms with van der Waals surface area (Å²) in [4.78, 5) is 63.0. The Balaban J connectivity index is 1.23. The number of carbonyl (C=O) groups excluding carboxylic acids is 5. The van der Waals surface area contributed by atoms with Crippen LogP contribution in [0.3, 0.4) is 0 Å². The molecule has 0 radical (unpaired) electrons. The van der Waals surface area contributed by atoms with E-state index in [1.165, 1.54) is 25.3 Å². The van der Waals surface area contributed by atoms with E-state index in [2.05, 4.69) is 30.3 Å². The number of nitrogens with zero attached hydrogens (tertiary/aromatic N) is 1. The molecule has 0 amide bonds. The molecule has 0 aliphatic heterocycles. The number of anilines is 1. The first-order chi connectivity index (χ1) is 34.5. The third-order valence-electron chi connectivity index (χ3n) is 10.8. The number of hydrogen-bond donors (Lipinski definition) is 1. The number of unbranched alkanes of at least 4 members (excludes halogenated alkanes) is 6. The molecule has 0 atom stereocenters. The highest BCUT2D eigenvalue weighted by molar-refractivity contribution is 6.06. The van der Waals surface area contributed by atoms with Crippen molar-refractivity contribution in [3.63, 3.8) is 0 Å². The van der Waals surface area contributed by atoms with Crippen molar-refractivity contribution < 1.29 is 57.1 Å². The van der Waals surface area contributed by atoms with Gasteiger partial charge in [-0.05, 0) is 143 Å². The van der Waals surface area contributed by atoms with Gasteiger partial charge in [0.25, 0.3) is 0 Å². The highest BCUT2D eigenvalue weighted by atomic mass is 16.6. The number of ether oxygens (including phenoxy) is 7. The molecule has 0 aromatic heterocycles. The fourth-order valence-corrected chi connectivity index (χ4v) is 7.06. The van der Waals surface area contributed by atoms with Crippen LogP contribution in [-0.4, -0.2) is 62.5 Å². The average Bonchev–Trinajstić information content (AvgIpc) is 3.38. The smallest absolute Gasteiger partial charge is 0.343 e. The van der Waals surface area contributed by atoms with Gasteiger partial charge >= 0.3 is 29.8 Å². The lowest BCUT2D eigenvalue weighted by Crippen LogP contribution is -2.13. The minimum Gasteiger partial charge on any atom is -0.494 e. The van der Waals surface area contributed by atoms with E-state index in [4.69, 9.17) is 33.2 Å². The lowest BCUT2D eigenvalue weighted by Gasteiger charge is -2.16. The molecule has 14 heteroatoms. The van der Waals surface area contributed by atoms with Crippen LogP contribution < -0.4 is 29.1 Å². The second-order valence-corrected chi connectivity index (χ2v) is 16.2. The van der Waals surface area contributed by atoms with E-state index >= 15 is 0 Å². The van der Waals surface area contributed by atoms with Crippen molar-refractivity contribution in [2.24, 2.45) is 5.10 Å². The number of carbonyl (C=O) groups is 5. The SMILES string of the molecule is C=CC(=O)OCCCCCCOc1ccc(C(=O)Oc2cc(/C=N/Nc3cccc4ccccc34)c(OC(=O)c3ccc(OCCCCCCOC(=O)C=C)cc3)c3cc(OC(=O)C(=C)C)ccc23)cc1. The first-order valence-corrected chi connectivity index (χ1v) is 23.3. The second kappa shape index (κ2) is 26.9. The van der Waals surface area contributed by atoms with Gasteiger partial charge in [0, 0.05) is 39.4 Å². The topological polar surface area (TPSA) is 174 Å². The normalized spacial score (nSPS) is 10.8. The van der Waals surface area contributed by atoms with Crippen LogP contribution >= 0.6 is 0 Å². The molecule has 14 nitrogen and oxygen atoms in total. The van der Waals surface area contributed by atoms with E-state index < -0.39 is 29.8 Å². The van der Waals surface area contributed by atoms with Crippen LogP contribution in [0.15, 0.2) is 158 Å². The van der Waals surface area contributed by atoms with Crippen LogP contribution in [0.5, 0.6) is 28.7 Å². The molecule has 71 heavy (non-hydrogen) atoms. The molecule has 0 heterocycles. The zero-order valence-corrected chi connectivity index (χ0v) is 39.7. The quantitative estimate of drug-likeness (QED) is 0.0129. The molecule has 0 bridgehead atoms. The largest absolute Gasteiger partial charge is 0.494 e. The molecule has 6 aromatic rings. The van der Waals surface area contributed by atoms with Crippen LogP contribution in [0.25, 0.3) is 21.5 Å². The summed E-state index contributed by atoms with van der Waals surface area (Å²) in [6, 6.07) is 32.8. The fraction of sp³-hybridized carbons (Fsp3) is 0.228. The van der Waals surface area contributed by atoms with Gasteiger partial charge in [0.15, 0.2) is 0 Å². The number of fused-ring (bicyclic) bond motifs is 2. The predicted octanol–water partition coefficient (Wildman–Crippen LogP) is 11.7. The van der Waals surface area contributed by atoms with Crippen molar-refractivity contribution in [3.8, 4) is 28.7 Å². The molecule has 1 N–H and O–H groups in total. The Morgan fingerprint density at radius 2 is 1.08 bits per heavy atom. The van der Waals surface area contributed by atoms with Crippen LogP contribution in [0.1, 0.15) is 84.6 Å². The van der Waals surface area contributed by atoms with E-state index in [1.54, 1.807) is 60.7 Å². The molecule has 0 fully saturated rings. The average molecular weight is 961 g/mol. The number of rotatable bonds is 27. The van der Waals surface area contributed by atoms with Gasteiger partial charge in [-0.1, -0.05) is 56.1 Å². The second-order valence-electron chi connectivity index (χ2n) is 16.2. The summed E-state index contributed by atoms with van der Waals surface area (Å²) < 4.78 is 39.7. The zero-order chi connectivity index (χ0) is 50.4. The first-order valence-electron chi connectivity index (χ1n) is 23.3. The van der Waals surface area contributed by atoms with Crippen molar-refractivity contribution in [2.45, 2.75) is 58.3 Å². The van der Waals surface area contributed by atoms with Crippen LogP contribution in [-0.2, 0) is 23.9 Å². The maximum atomic E-state index is 14.0. The Morgan fingerprint density at radius 3 is 1.66 bits per heavy atom. The number of benzene rings is 6. The van der Waals surface area contributed by atoms with E-state index in [0.717, 1.165) is 74.3 Å². The zero-order valence-electron chi connectivity index (χ0n) is 39.7. The summed E-state index contributed by atoms with van der Waals surface area (Å²) >= 11 is 0. The highest BCUT2D eigenvalue weighted by Crippen LogP contribution is 2.40. The van der Waals surface area contributed by atoms with E-state index in [0.29, 0.717) is 49.0 Å². The number of hydrogen-bond acceptors (Lipinski definition) is 14. The van der Waals surface area contributed by atoms with Gasteiger partial charge in [-0.3, -0.25) is 5.43 Å². The lowest BCUT2D eigenvalue weighted by molar-refractivity contribution is -0.138. The van der Waals surface area contributed by atoms with Gasteiger partial charge in [0.1, 0.15) is 28.7 Å². The maximum Gasteiger partial charge on any atom is 0.343 e. The van der Waals surface area contributed by atoms with Gasteiger partial charge in [0.05, 0.1) is 49.5 Å². The van der Waals surface area contributed by atoms with Crippen LogP contribution in [0, 0.1) is 0 Å². The summed E-state index contributed by atoms with van der Waals surface area (Å²) in [5.41, 5.74) is 4.67. The Morgan fingerprint density at radius 1 is 0.549 bits per heavy atom. The van der Waals surface area contributed by atoms with E-state index in [-0.39, 0.29) is 44.9 Å². The summed E-state index contributed by atoms with van der Waals surface area (Å²) in [7, 11) is 0. The summed E-state index contributed by atoms with van der Waals surface area (Å²) in [6.07, 6.45) is 10.3. The van der Waals surface area contributed by atoms with Crippen molar-refractivity contribution >= 4 is 63.3 Å². The van der Waals surface area contributed by atoms with E-state index in [1.807, 2.05) is 42.5 Å². The molecular weight excluding hydrogens is 905 g/mol. The standard InChI is InChI=1S/C57H56N2O12/c1-5-52(60)67-34-15-9-7-13-32-65-44-26-22-41(23-27-44)56(63)70-51-36-43(38-58-59-50-21-17-19-40-18-11-12-20-47(40)50)54(49-37-46(30-31-48(49)51)69-55(62)39(3)4)71-57(64)42-24-28-45(29-25-42)66-33-14-8-10-16-35-68-53(61)6-2/h5-6,11-12,17-31,36-38,59H,1-3,7-10,13-16,32-35H2,4H3/b58-38+. The Hall–Kier alpha value is -8.52. The first kappa shape index (κ1) is 51.9. The molecule has 6 rings (SSSR count). The van der Waals surface area contributed by atoms with Gasteiger partial charge < -0.3 is 33.2 Å². The Kier molecular flexibility index (Phi) is 19.6.